The van der Waals surface area contributed by atoms with Gasteiger partial charge in [0.1, 0.15) is 0 Å². The Balaban J connectivity index is 1.55. The summed E-state index contributed by atoms with van der Waals surface area (Å²) in [5, 5.41) is 5.17. The molecule has 0 bridgehead atoms. The SMILES string of the molecule is Clc1ccc(SCCNCC2CCOC2)nc1. The lowest BCUT2D eigenvalue weighted by Crippen LogP contribution is -2.25. The molecule has 0 aliphatic carbocycles. The third-order valence-electron chi connectivity index (χ3n) is 2.69. The van der Waals surface area contributed by atoms with E-state index >= 15 is 0 Å². The Morgan fingerprint density at radius 2 is 2.47 bits per heavy atom. The molecule has 1 aliphatic rings. The number of pyridine rings is 1. The molecule has 5 heteroatoms. The molecule has 1 aromatic heterocycles. The Kier molecular flexibility index (Phi) is 5.58. The first kappa shape index (κ1) is 13.1. The first-order chi connectivity index (χ1) is 8.34. The van der Waals surface area contributed by atoms with E-state index in [9.17, 15) is 0 Å². The Bertz CT molecular complexity index is 328. The van der Waals surface area contributed by atoms with E-state index in [0.29, 0.717) is 10.9 Å². The predicted molar refractivity (Wildman–Crippen MR) is 71.8 cm³/mol. The lowest BCUT2D eigenvalue weighted by atomic mass is 10.1. The van der Waals surface area contributed by atoms with E-state index in [4.69, 9.17) is 16.3 Å². The summed E-state index contributed by atoms with van der Waals surface area (Å²) in [7, 11) is 0. The molecule has 0 saturated carbocycles. The van der Waals surface area contributed by atoms with Crippen molar-refractivity contribution in [3.63, 3.8) is 0 Å². The van der Waals surface area contributed by atoms with Gasteiger partial charge in [-0.05, 0) is 24.5 Å². The number of thioether (sulfide) groups is 1. The second-order valence-electron chi connectivity index (χ2n) is 4.10. The number of aromatic nitrogens is 1. The van der Waals surface area contributed by atoms with Crippen LogP contribution in [-0.4, -0.2) is 37.0 Å². The molecule has 0 aromatic carbocycles. The Morgan fingerprint density at radius 1 is 1.53 bits per heavy atom. The number of hydrogen-bond donors (Lipinski definition) is 1. The van der Waals surface area contributed by atoms with Crippen LogP contribution in [0.2, 0.25) is 5.02 Å². The highest BCUT2D eigenvalue weighted by molar-refractivity contribution is 7.99. The van der Waals surface area contributed by atoms with Crippen LogP contribution in [0.25, 0.3) is 0 Å². The van der Waals surface area contributed by atoms with Crippen LogP contribution in [0.3, 0.4) is 0 Å². The molecule has 0 spiro atoms. The standard InChI is InChI=1S/C12H17ClN2OS/c13-11-1-2-12(15-8-11)17-6-4-14-7-10-3-5-16-9-10/h1-2,8,10,14H,3-7,9H2. The second-order valence-corrected chi connectivity index (χ2v) is 5.65. The zero-order chi connectivity index (χ0) is 11.9. The van der Waals surface area contributed by atoms with E-state index in [2.05, 4.69) is 10.3 Å². The third kappa shape index (κ3) is 4.84. The van der Waals surface area contributed by atoms with Gasteiger partial charge in [0.2, 0.25) is 0 Å². The summed E-state index contributed by atoms with van der Waals surface area (Å²) in [6.07, 6.45) is 2.88. The van der Waals surface area contributed by atoms with Gasteiger partial charge in [-0.25, -0.2) is 4.98 Å². The van der Waals surface area contributed by atoms with Gasteiger partial charge in [0.05, 0.1) is 16.7 Å². The zero-order valence-corrected chi connectivity index (χ0v) is 11.3. The van der Waals surface area contributed by atoms with Crippen molar-refractivity contribution in [1.29, 1.82) is 0 Å². The Morgan fingerprint density at radius 3 is 3.18 bits per heavy atom. The van der Waals surface area contributed by atoms with Crippen LogP contribution in [0, 0.1) is 5.92 Å². The van der Waals surface area contributed by atoms with Crippen molar-refractivity contribution in [2.45, 2.75) is 11.4 Å². The molecule has 1 aromatic rings. The monoisotopic (exact) mass is 272 g/mol. The summed E-state index contributed by atoms with van der Waals surface area (Å²) < 4.78 is 5.33. The number of hydrogen-bond acceptors (Lipinski definition) is 4. The van der Waals surface area contributed by atoms with E-state index < -0.39 is 0 Å². The van der Waals surface area contributed by atoms with Gasteiger partial charge in [-0.1, -0.05) is 11.6 Å². The zero-order valence-electron chi connectivity index (χ0n) is 9.69. The van der Waals surface area contributed by atoms with Crippen molar-refractivity contribution < 1.29 is 4.74 Å². The molecule has 1 atom stereocenters. The van der Waals surface area contributed by atoms with E-state index in [1.807, 2.05) is 12.1 Å². The maximum Gasteiger partial charge on any atom is 0.0961 e. The van der Waals surface area contributed by atoms with Crippen LogP contribution < -0.4 is 5.32 Å². The molecular formula is C12H17ClN2OS. The van der Waals surface area contributed by atoms with Gasteiger partial charge in [0, 0.05) is 31.6 Å². The van der Waals surface area contributed by atoms with Crippen LogP contribution >= 0.6 is 23.4 Å². The van der Waals surface area contributed by atoms with Gasteiger partial charge >= 0.3 is 0 Å². The highest BCUT2D eigenvalue weighted by Crippen LogP contribution is 2.16. The molecule has 1 N–H and O–H groups in total. The van der Waals surface area contributed by atoms with Gasteiger partial charge in [0.25, 0.3) is 0 Å². The third-order valence-corrected chi connectivity index (χ3v) is 3.86. The number of rotatable bonds is 6. The Hall–Kier alpha value is -0.290. The molecule has 0 radical (unpaired) electrons. The average Bonchev–Trinajstić information content (AvgIpc) is 2.84. The summed E-state index contributed by atoms with van der Waals surface area (Å²) in [5.74, 6) is 1.73. The topological polar surface area (TPSA) is 34.1 Å². The lowest BCUT2D eigenvalue weighted by molar-refractivity contribution is 0.185. The van der Waals surface area contributed by atoms with Gasteiger partial charge < -0.3 is 10.1 Å². The van der Waals surface area contributed by atoms with Crippen LogP contribution in [-0.2, 0) is 4.74 Å². The minimum atomic E-state index is 0.689. The summed E-state index contributed by atoms with van der Waals surface area (Å²) in [6, 6.07) is 3.83. The van der Waals surface area contributed by atoms with Crippen molar-refractivity contribution in [1.82, 2.24) is 10.3 Å². The van der Waals surface area contributed by atoms with Crippen LogP contribution in [0.1, 0.15) is 6.42 Å². The summed E-state index contributed by atoms with van der Waals surface area (Å²) in [6.45, 7) is 3.91. The fourth-order valence-corrected chi connectivity index (χ4v) is 2.58. The predicted octanol–water partition coefficient (Wildman–Crippen LogP) is 2.45. The van der Waals surface area contributed by atoms with Crippen molar-refractivity contribution >= 4 is 23.4 Å². The molecule has 17 heavy (non-hydrogen) atoms. The fraction of sp³-hybridized carbons (Fsp3) is 0.583. The van der Waals surface area contributed by atoms with Gasteiger partial charge in [-0.15, -0.1) is 11.8 Å². The van der Waals surface area contributed by atoms with Crippen LogP contribution in [0.4, 0.5) is 0 Å². The molecule has 2 rings (SSSR count). The maximum absolute atomic E-state index is 5.77. The second kappa shape index (κ2) is 7.21. The maximum atomic E-state index is 5.77. The normalized spacial score (nSPS) is 19.7. The van der Waals surface area contributed by atoms with E-state index in [-0.39, 0.29) is 0 Å². The number of nitrogens with zero attached hydrogens (tertiary/aromatic N) is 1. The molecule has 2 heterocycles. The van der Waals surface area contributed by atoms with Crippen molar-refractivity contribution in [2.24, 2.45) is 5.92 Å². The van der Waals surface area contributed by atoms with Crippen molar-refractivity contribution in [2.75, 3.05) is 32.1 Å². The first-order valence-electron chi connectivity index (χ1n) is 5.87. The quantitative estimate of drug-likeness (QED) is 0.637. The minimum Gasteiger partial charge on any atom is -0.381 e. The minimum absolute atomic E-state index is 0.689. The molecular weight excluding hydrogens is 256 g/mol. The molecule has 3 nitrogen and oxygen atoms in total. The fourth-order valence-electron chi connectivity index (χ4n) is 1.73. The van der Waals surface area contributed by atoms with Crippen LogP contribution in [0.15, 0.2) is 23.4 Å². The van der Waals surface area contributed by atoms with E-state index in [0.717, 1.165) is 37.1 Å². The molecule has 1 aliphatic heterocycles. The summed E-state index contributed by atoms with van der Waals surface area (Å²) in [4.78, 5) is 4.24. The van der Waals surface area contributed by atoms with E-state index in [1.165, 1.54) is 6.42 Å². The first-order valence-corrected chi connectivity index (χ1v) is 7.24. The Labute approximate surface area is 111 Å². The van der Waals surface area contributed by atoms with Crippen LogP contribution in [0.5, 0.6) is 0 Å². The van der Waals surface area contributed by atoms with Crippen molar-refractivity contribution in [3.8, 4) is 0 Å². The number of halogens is 1. The highest BCUT2D eigenvalue weighted by atomic mass is 35.5. The molecule has 94 valence electrons. The van der Waals surface area contributed by atoms with Gasteiger partial charge in [-0.3, -0.25) is 0 Å². The lowest BCUT2D eigenvalue weighted by Gasteiger charge is -2.08. The molecule has 1 fully saturated rings. The molecule has 0 amide bonds. The highest BCUT2D eigenvalue weighted by Gasteiger charge is 2.14. The van der Waals surface area contributed by atoms with E-state index in [1.54, 1.807) is 18.0 Å². The number of nitrogens with one attached hydrogen (secondary N) is 1. The number of ether oxygens (including phenoxy) is 1. The van der Waals surface area contributed by atoms with Gasteiger partial charge in [0.15, 0.2) is 0 Å². The molecule has 1 saturated heterocycles. The largest absolute Gasteiger partial charge is 0.381 e. The van der Waals surface area contributed by atoms with Gasteiger partial charge in [-0.2, -0.15) is 0 Å². The summed E-state index contributed by atoms with van der Waals surface area (Å²) >= 11 is 7.52. The average molecular weight is 273 g/mol. The molecule has 1 unspecified atom stereocenters. The smallest absolute Gasteiger partial charge is 0.0961 e. The van der Waals surface area contributed by atoms with Crippen molar-refractivity contribution in [3.05, 3.63) is 23.4 Å². The summed E-state index contributed by atoms with van der Waals surface area (Å²) in [5.41, 5.74) is 0.